The fourth-order valence-electron chi connectivity index (χ4n) is 3.03. The number of carbonyl (C=O) groups excluding carboxylic acids is 2. The van der Waals surface area contributed by atoms with Gasteiger partial charge in [-0.2, -0.15) is 0 Å². The summed E-state index contributed by atoms with van der Waals surface area (Å²) >= 11 is 0. The molecule has 3 N–H and O–H groups in total. The third kappa shape index (κ3) is 3.79. The number of benzene rings is 2. The molecule has 0 aromatic heterocycles. The number of nitrogens with two attached hydrogens (primary N) is 1. The highest BCUT2D eigenvalue weighted by Gasteiger charge is 2.18. The van der Waals surface area contributed by atoms with E-state index in [0.717, 1.165) is 31.6 Å². The first kappa shape index (κ1) is 17.0. The van der Waals surface area contributed by atoms with Gasteiger partial charge in [-0.05, 0) is 49.6 Å². The number of anilines is 2. The molecule has 2 aromatic carbocycles. The van der Waals surface area contributed by atoms with Gasteiger partial charge in [0.1, 0.15) is 5.82 Å². The van der Waals surface area contributed by atoms with Gasteiger partial charge < -0.3 is 16.0 Å². The molecule has 1 heterocycles. The molecule has 3 rings (SSSR count). The van der Waals surface area contributed by atoms with Crippen LogP contribution in [0.2, 0.25) is 0 Å². The second kappa shape index (κ2) is 7.34. The third-order valence-electron chi connectivity index (χ3n) is 4.36. The van der Waals surface area contributed by atoms with E-state index in [1.807, 2.05) is 6.07 Å². The number of rotatable bonds is 4. The van der Waals surface area contributed by atoms with E-state index in [9.17, 15) is 14.0 Å². The first-order chi connectivity index (χ1) is 12.1. The van der Waals surface area contributed by atoms with Crippen molar-refractivity contribution in [2.24, 2.45) is 5.73 Å². The van der Waals surface area contributed by atoms with E-state index in [1.165, 1.54) is 24.6 Å². The molecule has 130 valence electrons. The summed E-state index contributed by atoms with van der Waals surface area (Å²) < 4.78 is 13.7. The zero-order valence-electron chi connectivity index (χ0n) is 13.8. The highest BCUT2D eigenvalue weighted by molar-refractivity contribution is 6.09. The normalized spacial score (nSPS) is 14.2. The lowest BCUT2D eigenvalue weighted by Gasteiger charge is -2.29. The summed E-state index contributed by atoms with van der Waals surface area (Å²) in [5.41, 5.74) is 6.78. The molecule has 1 aliphatic rings. The summed E-state index contributed by atoms with van der Waals surface area (Å²) in [6, 6.07) is 10.9. The van der Waals surface area contributed by atoms with Gasteiger partial charge in [0, 0.05) is 18.8 Å². The van der Waals surface area contributed by atoms with Gasteiger partial charge in [-0.15, -0.1) is 0 Å². The Bertz CT molecular complexity index is 801. The number of nitrogens with zero attached hydrogens (tertiary/aromatic N) is 1. The van der Waals surface area contributed by atoms with Gasteiger partial charge in [-0.3, -0.25) is 9.59 Å². The quantitative estimate of drug-likeness (QED) is 0.897. The molecule has 25 heavy (non-hydrogen) atoms. The molecule has 0 bridgehead atoms. The van der Waals surface area contributed by atoms with E-state index < -0.39 is 17.6 Å². The highest BCUT2D eigenvalue weighted by Crippen LogP contribution is 2.26. The number of carbonyl (C=O) groups is 2. The highest BCUT2D eigenvalue weighted by atomic mass is 19.1. The monoisotopic (exact) mass is 341 g/mol. The molecule has 5 nitrogen and oxygen atoms in total. The van der Waals surface area contributed by atoms with Crippen LogP contribution in [-0.4, -0.2) is 24.9 Å². The fraction of sp³-hybridized carbons (Fsp3) is 0.263. The molecule has 0 aliphatic carbocycles. The molecule has 0 spiro atoms. The van der Waals surface area contributed by atoms with E-state index >= 15 is 0 Å². The molecular formula is C19H20FN3O2. The predicted molar refractivity (Wildman–Crippen MR) is 95.4 cm³/mol. The minimum absolute atomic E-state index is 0.0852. The Hall–Kier alpha value is -2.89. The molecule has 1 saturated heterocycles. The van der Waals surface area contributed by atoms with Crippen molar-refractivity contribution in [3.63, 3.8) is 0 Å². The second-order valence-corrected chi connectivity index (χ2v) is 6.08. The lowest BCUT2D eigenvalue weighted by molar-refractivity contribution is 0.100. The average Bonchev–Trinajstić information content (AvgIpc) is 2.63. The van der Waals surface area contributed by atoms with Gasteiger partial charge in [0.15, 0.2) is 0 Å². The van der Waals surface area contributed by atoms with Crippen LogP contribution in [0.4, 0.5) is 15.8 Å². The number of halogens is 1. The maximum absolute atomic E-state index is 13.7. The largest absolute Gasteiger partial charge is 0.372 e. The predicted octanol–water partition coefficient (Wildman–Crippen LogP) is 3.17. The maximum Gasteiger partial charge on any atom is 0.258 e. The number of primary amides is 1. The lowest BCUT2D eigenvalue weighted by Crippen LogP contribution is -2.29. The Labute approximate surface area is 145 Å². The van der Waals surface area contributed by atoms with Crippen LogP contribution in [0.1, 0.15) is 40.0 Å². The zero-order chi connectivity index (χ0) is 17.8. The summed E-state index contributed by atoms with van der Waals surface area (Å²) in [6.45, 7) is 1.86. The van der Waals surface area contributed by atoms with Crippen LogP contribution in [0.5, 0.6) is 0 Å². The Morgan fingerprint density at radius 3 is 2.40 bits per heavy atom. The Kier molecular flexibility index (Phi) is 4.97. The Morgan fingerprint density at radius 1 is 1.00 bits per heavy atom. The van der Waals surface area contributed by atoms with Crippen LogP contribution in [0.25, 0.3) is 0 Å². The van der Waals surface area contributed by atoms with Crippen molar-refractivity contribution in [1.29, 1.82) is 0 Å². The fourth-order valence-corrected chi connectivity index (χ4v) is 3.03. The summed E-state index contributed by atoms with van der Waals surface area (Å²) in [7, 11) is 0. The molecule has 1 aliphatic heterocycles. The van der Waals surface area contributed by atoms with E-state index in [-0.39, 0.29) is 16.8 Å². The van der Waals surface area contributed by atoms with E-state index in [2.05, 4.69) is 10.2 Å². The lowest BCUT2D eigenvalue weighted by atomic mass is 10.1. The van der Waals surface area contributed by atoms with Crippen LogP contribution in [-0.2, 0) is 0 Å². The van der Waals surface area contributed by atoms with Gasteiger partial charge >= 0.3 is 0 Å². The van der Waals surface area contributed by atoms with Crippen LogP contribution in [0, 0.1) is 5.82 Å². The van der Waals surface area contributed by atoms with Crippen molar-refractivity contribution < 1.29 is 14.0 Å². The molecule has 0 saturated carbocycles. The first-order valence-corrected chi connectivity index (χ1v) is 8.31. The summed E-state index contributed by atoms with van der Waals surface area (Å²) in [4.78, 5) is 26.3. The average molecular weight is 341 g/mol. The standard InChI is InChI=1S/C19H20FN3O2/c20-16-7-3-2-6-14(16)19(25)22-17-9-8-13(12-15(17)18(21)24)23-10-4-1-5-11-23/h2-3,6-9,12H,1,4-5,10-11H2,(H2,21,24)(H,22,25). The summed E-state index contributed by atoms with van der Waals surface area (Å²) in [5.74, 6) is -1.88. The molecule has 0 atom stereocenters. The van der Waals surface area contributed by atoms with E-state index in [4.69, 9.17) is 5.73 Å². The van der Waals surface area contributed by atoms with Crippen LogP contribution in [0.3, 0.4) is 0 Å². The number of hydrogen-bond acceptors (Lipinski definition) is 3. The van der Waals surface area contributed by atoms with E-state index in [1.54, 1.807) is 18.2 Å². The Morgan fingerprint density at radius 2 is 1.72 bits per heavy atom. The van der Waals surface area contributed by atoms with Crippen LogP contribution >= 0.6 is 0 Å². The Balaban J connectivity index is 1.87. The molecule has 2 aromatic rings. The molecule has 6 heteroatoms. The minimum Gasteiger partial charge on any atom is -0.372 e. The molecule has 0 unspecified atom stereocenters. The van der Waals surface area contributed by atoms with Gasteiger partial charge in [0.2, 0.25) is 0 Å². The van der Waals surface area contributed by atoms with Crippen molar-refractivity contribution in [1.82, 2.24) is 0 Å². The minimum atomic E-state index is -0.636. The number of amides is 2. The summed E-state index contributed by atoms with van der Waals surface area (Å²) in [5, 5.41) is 2.58. The van der Waals surface area contributed by atoms with Crippen molar-refractivity contribution in [3.8, 4) is 0 Å². The third-order valence-corrected chi connectivity index (χ3v) is 4.36. The smallest absolute Gasteiger partial charge is 0.258 e. The number of piperidine rings is 1. The number of nitrogens with one attached hydrogen (secondary N) is 1. The van der Waals surface area contributed by atoms with Crippen molar-refractivity contribution >= 4 is 23.2 Å². The molecular weight excluding hydrogens is 321 g/mol. The van der Waals surface area contributed by atoms with Crippen molar-refractivity contribution in [2.75, 3.05) is 23.3 Å². The summed E-state index contributed by atoms with van der Waals surface area (Å²) in [6.07, 6.45) is 3.42. The van der Waals surface area contributed by atoms with E-state index in [0.29, 0.717) is 0 Å². The van der Waals surface area contributed by atoms with Gasteiger partial charge in [0.25, 0.3) is 11.8 Å². The SMILES string of the molecule is NC(=O)c1cc(N2CCCCC2)ccc1NC(=O)c1ccccc1F. The van der Waals surface area contributed by atoms with Crippen LogP contribution < -0.4 is 16.0 Å². The molecule has 2 amide bonds. The van der Waals surface area contributed by atoms with Gasteiger partial charge in [-0.25, -0.2) is 4.39 Å². The topological polar surface area (TPSA) is 75.4 Å². The zero-order valence-corrected chi connectivity index (χ0v) is 13.8. The molecule has 1 fully saturated rings. The molecule has 0 radical (unpaired) electrons. The number of hydrogen-bond donors (Lipinski definition) is 2. The van der Waals surface area contributed by atoms with Crippen molar-refractivity contribution in [2.45, 2.75) is 19.3 Å². The second-order valence-electron chi connectivity index (χ2n) is 6.08. The van der Waals surface area contributed by atoms with Gasteiger partial charge in [0.05, 0.1) is 16.8 Å². The van der Waals surface area contributed by atoms with Crippen molar-refractivity contribution in [3.05, 3.63) is 59.4 Å². The maximum atomic E-state index is 13.7. The first-order valence-electron chi connectivity index (χ1n) is 8.31. The van der Waals surface area contributed by atoms with Crippen LogP contribution in [0.15, 0.2) is 42.5 Å². The van der Waals surface area contributed by atoms with Gasteiger partial charge in [-0.1, -0.05) is 12.1 Å².